The third-order valence-corrected chi connectivity index (χ3v) is 7.40. The van der Waals surface area contributed by atoms with E-state index >= 15 is 0 Å². The van der Waals surface area contributed by atoms with Gasteiger partial charge in [0.2, 0.25) is 0 Å². The van der Waals surface area contributed by atoms with E-state index in [9.17, 15) is 14.3 Å². The van der Waals surface area contributed by atoms with Crippen molar-refractivity contribution in [3.05, 3.63) is 72.2 Å². The van der Waals surface area contributed by atoms with Crippen LogP contribution in [0, 0.1) is 5.82 Å². The van der Waals surface area contributed by atoms with Crippen LogP contribution in [0.5, 0.6) is 0 Å². The van der Waals surface area contributed by atoms with Crippen LogP contribution in [0.15, 0.2) is 60.8 Å². The normalized spacial score (nSPS) is 18.8. The molecule has 0 aliphatic carbocycles. The van der Waals surface area contributed by atoms with Crippen LogP contribution in [0.1, 0.15) is 31.4 Å². The highest BCUT2D eigenvalue weighted by Crippen LogP contribution is 2.35. The Balaban J connectivity index is 1.26. The number of aliphatic hydroxyl groups is 1. The second-order valence-electron chi connectivity index (χ2n) is 9.88. The fourth-order valence-electron chi connectivity index (χ4n) is 5.46. The van der Waals surface area contributed by atoms with E-state index in [2.05, 4.69) is 14.8 Å². The highest BCUT2D eigenvalue weighted by atomic mass is 19.1. The summed E-state index contributed by atoms with van der Waals surface area (Å²) < 4.78 is 15.7. The number of nitrogens with zero attached hydrogens (tertiary/aromatic N) is 7. The van der Waals surface area contributed by atoms with Gasteiger partial charge in [-0.2, -0.15) is 0 Å². The maximum absolute atomic E-state index is 13.9. The fourth-order valence-corrected chi connectivity index (χ4v) is 5.46. The summed E-state index contributed by atoms with van der Waals surface area (Å²) in [6.45, 7) is 4.71. The van der Waals surface area contributed by atoms with E-state index in [1.807, 2.05) is 40.9 Å². The number of aromatic nitrogens is 4. The van der Waals surface area contributed by atoms with E-state index < -0.39 is 6.10 Å². The first kappa shape index (κ1) is 24.3. The summed E-state index contributed by atoms with van der Waals surface area (Å²) in [5, 5.41) is 14.6. The summed E-state index contributed by atoms with van der Waals surface area (Å²) in [6.07, 6.45) is 2.75. The van der Waals surface area contributed by atoms with Crippen molar-refractivity contribution in [3.8, 4) is 11.4 Å². The number of benzene rings is 1. The number of hydrogen-bond donors (Lipinski definition) is 1. The van der Waals surface area contributed by atoms with Gasteiger partial charge in [-0.3, -0.25) is 4.79 Å². The first-order valence-electron chi connectivity index (χ1n) is 13.0. The molecule has 2 aliphatic heterocycles. The maximum Gasteiger partial charge on any atom is 0.251 e. The summed E-state index contributed by atoms with van der Waals surface area (Å²) in [4.78, 5) is 27.6. The van der Waals surface area contributed by atoms with Gasteiger partial charge in [0, 0.05) is 32.7 Å². The quantitative estimate of drug-likeness (QED) is 0.436. The number of anilines is 2. The van der Waals surface area contributed by atoms with Crippen LogP contribution in [0.2, 0.25) is 0 Å². The van der Waals surface area contributed by atoms with Crippen molar-refractivity contribution >= 4 is 23.2 Å². The van der Waals surface area contributed by atoms with Crippen molar-refractivity contribution in [2.75, 3.05) is 42.5 Å². The van der Waals surface area contributed by atoms with Crippen molar-refractivity contribution in [2.45, 2.75) is 31.9 Å². The summed E-state index contributed by atoms with van der Waals surface area (Å²) in [6, 6.07) is 16.7. The molecule has 1 amide bonds. The molecule has 196 valence electrons. The summed E-state index contributed by atoms with van der Waals surface area (Å²) in [5.74, 6) is 1.18. The third kappa shape index (κ3) is 4.56. The lowest BCUT2D eigenvalue weighted by Gasteiger charge is -2.36. The van der Waals surface area contributed by atoms with Crippen LogP contribution in [-0.4, -0.2) is 74.3 Å². The van der Waals surface area contributed by atoms with Crippen LogP contribution < -0.4 is 9.80 Å². The van der Waals surface area contributed by atoms with Crippen LogP contribution in [0.25, 0.3) is 17.0 Å². The average molecular weight is 516 g/mol. The number of amides is 1. The standard InChI is InChI=1S/C28H30FN7O2/c1-19(37)28(38)34-15-13-33(14-16-34)26-9-3-7-22(31-26)24-18-30-25-10-11-27(32-36(24)25)35-12-4-8-23(35)20-5-2-6-21(29)17-20/h2-3,5-7,9-11,17-19,23,37H,4,8,12-16H2,1H3/t19-,23+/m0/s1. The molecule has 1 aromatic carbocycles. The van der Waals surface area contributed by atoms with Crippen LogP contribution in [0.4, 0.5) is 16.0 Å². The minimum atomic E-state index is -0.986. The van der Waals surface area contributed by atoms with Gasteiger partial charge in [-0.05, 0) is 61.7 Å². The molecule has 0 radical (unpaired) electrons. The van der Waals surface area contributed by atoms with Crippen molar-refractivity contribution in [2.24, 2.45) is 0 Å². The van der Waals surface area contributed by atoms with Gasteiger partial charge < -0.3 is 19.8 Å². The minimum absolute atomic E-state index is 0.0726. The monoisotopic (exact) mass is 515 g/mol. The van der Waals surface area contributed by atoms with Gasteiger partial charge in [-0.25, -0.2) is 18.9 Å². The van der Waals surface area contributed by atoms with Gasteiger partial charge in [0.1, 0.15) is 29.3 Å². The Morgan fingerprint density at radius 1 is 1.03 bits per heavy atom. The molecule has 3 aromatic heterocycles. The van der Waals surface area contributed by atoms with Gasteiger partial charge in [0.15, 0.2) is 5.65 Å². The zero-order valence-corrected chi connectivity index (χ0v) is 21.2. The number of halogens is 1. The highest BCUT2D eigenvalue weighted by molar-refractivity contribution is 5.80. The van der Waals surface area contributed by atoms with Gasteiger partial charge >= 0.3 is 0 Å². The maximum atomic E-state index is 13.9. The van der Waals surface area contributed by atoms with Crippen molar-refractivity contribution in [1.82, 2.24) is 24.5 Å². The lowest BCUT2D eigenvalue weighted by molar-refractivity contribution is -0.139. The number of imidazole rings is 1. The highest BCUT2D eigenvalue weighted by Gasteiger charge is 2.28. The molecule has 4 aromatic rings. The number of hydrogen-bond acceptors (Lipinski definition) is 7. The lowest BCUT2D eigenvalue weighted by Crippen LogP contribution is -2.51. The number of fused-ring (bicyclic) bond motifs is 1. The molecule has 5 heterocycles. The molecule has 10 heteroatoms. The molecule has 9 nitrogen and oxygen atoms in total. The van der Waals surface area contributed by atoms with Gasteiger partial charge in [-0.1, -0.05) is 18.2 Å². The minimum Gasteiger partial charge on any atom is -0.384 e. The van der Waals surface area contributed by atoms with E-state index in [1.165, 1.54) is 13.0 Å². The Labute approximate surface area is 220 Å². The molecular weight excluding hydrogens is 485 g/mol. The Bertz CT molecular complexity index is 1460. The smallest absolute Gasteiger partial charge is 0.251 e. The van der Waals surface area contributed by atoms with Crippen molar-refractivity contribution in [1.29, 1.82) is 0 Å². The first-order chi connectivity index (χ1) is 18.5. The van der Waals surface area contributed by atoms with Crippen LogP contribution in [-0.2, 0) is 4.79 Å². The van der Waals surface area contributed by atoms with Crippen LogP contribution >= 0.6 is 0 Å². The molecule has 38 heavy (non-hydrogen) atoms. The summed E-state index contributed by atoms with van der Waals surface area (Å²) in [7, 11) is 0. The molecule has 0 spiro atoms. The topological polar surface area (TPSA) is 90.1 Å². The van der Waals surface area contributed by atoms with E-state index in [-0.39, 0.29) is 17.8 Å². The van der Waals surface area contributed by atoms with E-state index in [1.54, 1.807) is 23.2 Å². The van der Waals surface area contributed by atoms with Crippen molar-refractivity contribution in [3.63, 3.8) is 0 Å². The first-order valence-corrected chi connectivity index (χ1v) is 13.0. The molecular formula is C28H30FN7O2. The molecule has 2 atom stereocenters. The Morgan fingerprint density at radius 2 is 1.84 bits per heavy atom. The Hall–Kier alpha value is -4.05. The predicted molar refractivity (Wildman–Crippen MR) is 142 cm³/mol. The number of carbonyl (C=O) groups is 1. The summed E-state index contributed by atoms with van der Waals surface area (Å²) >= 11 is 0. The van der Waals surface area contributed by atoms with Gasteiger partial charge in [0.05, 0.1) is 17.9 Å². The SMILES string of the molecule is C[C@H](O)C(=O)N1CCN(c2cccc(-c3cnc4ccc(N5CCC[C@@H]5c5cccc(F)c5)nn34)n2)CC1. The molecule has 0 bridgehead atoms. The molecule has 2 saturated heterocycles. The van der Waals surface area contributed by atoms with Gasteiger partial charge in [0.25, 0.3) is 5.91 Å². The Morgan fingerprint density at radius 3 is 2.63 bits per heavy atom. The average Bonchev–Trinajstić information content (AvgIpc) is 3.60. The lowest BCUT2D eigenvalue weighted by atomic mass is 10.0. The number of carbonyl (C=O) groups excluding carboxylic acids is 1. The number of piperazine rings is 1. The van der Waals surface area contributed by atoms with Crippen LogP contribution in [0.3, 0.4) is 0 Å². The second kappa shape index (κ2) is 10.0. The Kier molecular flexibility index (Phi) is 6.40. The second-order valence-corrected chi connectivity index (χ2v) is 9.88. The molecule has 1 N–H and O–H groups in total. The van der Waals surface area contributed by atoms with Gasteiger partial charge in [-0.15, -0.1) is 5.10 Å². The van der Waals surface area contributed by atoms with E-state index in [0.29, 0.717) is 26.2 Å². The molecule has 2 aliphatic rings. The molecule has 2 fully saturated rings. The predicted octanol–water partition coefficient (Wildman–Crippen LogP) is 3.30. The molecule has 0 saturated carbocycles. The number of rotatable bonds is 5. The third-order valence-electron chi connectivity index (χ3n) is 7.40. The molecule has 0 unspecified atom stereocenters. The fraction of sp³-hybridized carbons (Fsp3) is 0.357. The van der Waals surface area contributed by atoms with E-state index in [0.717, 1.165) is 53.6 Å². The zero-order chi connectivity index (χ0) is 26.2. The van der Waals surface area contributed by atoms with E-state index in [4.69, 9.17) is 10.1 Å². The van der Waals surface area contributed by atoms with Crippen molar-refractivity contribution < 1.29 is 14.3 Å². The molecule has 6 rings (SSSR count). The summed E-state index contributed by atoms with van der Waals surface area (Å²) in [5.41, 5.74) is 3.22. The zero-order valence-electron chi connectivity index (χ0n) is 21.2. The number of pyridine rings is 1. The largest absolute Gasteiger partial charge is 0.384 e. The number of aliphatic hydroxyl groups excluding tert-OH is 1.